The number of benzene rings is 1. The average Bonchev–Trinajstić information content (AvgIpc) is 2.46. The third-order valence-corrected chi connectivity index (χ3v) is 3.61. The molecule has 0 fully saturated rings. The molecule has 21 heavy (non-hydrogen) atoms. The summed E-state index contributed by atoms with van der Waals surface area (Å²) in [5, 5.41) is 3.47. The minimum atomic E-state index is 0.610. The van der Waals surface area contributed by atoms with Crippen LogP contribution in [0, 0.1) is 0 Å². The van der Waals surface area contributed by atoms with Gasteiger partial charge in [0.1, 0.15) is 5.75 Å². The first-order chi connectivity index (χ1) is 10.1. The van der Waals surface area contributed by atoms with E-state index in [4.69, 9.17) is 4.74 Å². The van der Waals surface area contributed by atoms with Gasteiger partial charge in [0.2, 0.25) is 0 Å². The van der Waals surface area contributed by atoms with Crippen molar-refractivity contribution in [3.8, 4) is 5.75 Å². The smallest absolute Gasteiger partial charge is 0.119 e. The van der Waals surface area contributed by atoms with Crippen LogP contribution in [0.2, 0.25) is 0 Å². The Morgan fingerprint density at radius 2 is 1.90 bits per heavy atom. The molecule has 0 heterocycles. The van der Waals surface area contributed by atoms with Crippen LogP contribution in [0.4, 0.5) is 0 Å². The van der Waals surface area contributed by atoms with E-state index in [2.05, 4.69) is 49.3 Å². The fourth-order valence-electron chi connectivity index (χ4n) is 2.41. The molecule has 0 aliphatic rings. The molecular formula is C18H32N2O. The van der Waals surface area contributed by atoms with E-state index in [1.807, 2.05) is 6.07 Å². The highest BCUT2D eigenvalue weighted by molar-refractivity contribution is 5.28. The Balaban J connectivity index is 2.09. The lowest BCUT2D eigenvalue weighted by Gasteiger charge is -2.17. The lowest BCUT2D eigenvalue weighted by Crippen LogP contribution is -2.23. The molecule has 1 aromatic carbocycles. The summed E-state index contributed by atoms with van der Waals surface area (Å²) >= 11 is 0. The molecule has 0 saturated carbocycles. The van der Waals surface area contributed by atoms with Gasteiger partial charge in [0.25, 0.3) is 0 Å². The monoisotopic (exact) mass is 292 g/mol. The highest BCUT2D eigenvalue weighted by Gasteiger charge is 2.02. The van der Waals surface area contributed by atoms with E-state index >= 15 is 0 Å². The summed E-state index contributed by atoms with van der Waals surface area (Å²) in [6, 6.07) is 8.95. The maximum Gasteiger partial charge on any atom is 0.119 e. The molecule has 0 aliphatic heterocycles. The summed E-state index contributed by atoms with van der Waals surface area (Å²) in [5.74, 6) is 0.943. The molecule has 1 N–H and O–H groups in total. The van der Waals surface area contributed by atoms with E-state index in [1.54, 1.807) is 7.11 Å². The van der Waals surface area contributed by atoms with Gasteiger partial charge >= 0.3 is 0 Å². The first-order valence-corrected chi connectivity index (χ1v) is 8.16. The molecule has 3 nitrogen and oxygen atoms in total. The summed E-state index contributed by atoms with van der Waals surface area (Å²) < 4.78 is 5.26. The van der Waals surface area contributed by atoms with E-state index in [0.29, 0.717) is 6.04 Å². The molecule has 0 spiro atoms. The van der Waals surface area contributed by atoms with Crippen molar-refractivity contribution in [2.45, 2.75) is 52.1 Å². The number of ether oxygens (including phenoxy) is 1. The van der Waals surface area contributed by atoms with Crippen LogP contribution >= 0.6 is 0 Å². The first kappa shape index (κ1) is 18.0. The van der Waals surface area contributed by atoms with Crippen molar-refractivity contribution in [2.75, 3.05) is 27.2 Å². The lowest BCUT2D eigenvalue weighted by atomic mass is 10.1. The number of hydrogen-bond acceptors (Lipinski definition) is 3. The molecule has 0 aliphatic carbocycles. The van der Waals surface area contributed by atoms with E-state index in [-0.39, 0.29) is 0 Å². The van der Waals surface area contributed by atoms with Crippen LogP contribution in [0.15, 0.2) is 24.3 Å². The van der Waals surface area contributed by atoms with Crippen molar-refractivity contribution in [3.63, 3.8) is 0 Å². The summed E-state index contributed by atoms with van der Waals surface area (Å²) in [4.78, 5) is 2.39. The molecule has 0 amide bonds. The number of unbranched alkanes of at least 4 members (excludes halogenated alkanes) is 3. The second kappa shape index (κ2) is 10.6. The van der Waals surface area contributed by atoms with Crippen LogP contribution < -0.4 is 10.1 Å². The van der Waals surface area contributed by atoms with Crippen molar-refractivity contribution >= 4 is 0 Å². The van der Waals surface area contributed by atoms with Crippen molar-refractivity contribution in [2.24, 2.45) is 0 Å². The molecule has 0 atom stereocenters. The van der Waals surface area contributed by atoms with Gasteiger partial charge in [0, 0.05) is 12.6 Å². The molecule has 0 saturated heterocycles. The van der Waals surface area contributed by atoms with E-state index in [9.17, 15) is 0 Å². The first-order valence-electron chi connectivity index (χ1n) is 8.16. The van der Waals surface area contributed by atoms with E-state index in [0.717, 1.165) is 25.4 Å². The molecule has 0 aromatic heterocycles. The zero-order valence-electron chi connectivity index (χ0n) is 14.2. The maximum atomic E-state index is 5.26. The van der Waals surface area contributed by atoms with E-state index < -0.39 is 0 Å². The lowest BCUT2D eigenvalue weighted by molar-refractivity contribution is 0.315. The number of rotatable bonds is 11. The highest BCUT2D eigenvalue weighted by Crippen LogP contribution is 2.14. The Hall–Kier alpha value is -1.06. The predicted octanol–water partition coefficient (Wildman–Crippen LogP) is 3.69. The van der Waals surface area contributed by atoms with Crippen molar-refractivity contribution in [3.05, 3.63) is 29.8 Å². The maximum absolute atomic E-state index is 5.26. The zero-order valence-corrected chi connectivity index (χ0v) is 14.2. The second-order valence-corrected chi connectivity index (χ2v) is 6.11. The Labute approximate surface area is 130 Å². The van der Waals surface area contributed by atoms with Crippen LogP contribution in [0.25, 0.3) is 0 Å². The Bertz CT molecular complexity index is 379. The van der Waals surface area contributed by atoms with Gasteiger partial charge in [-0.15, -0.1) is 0 Å². The minimum Gasteiger partial charge on any atom is -0.497 e. The van der Waals surface area contributed by atoms with Crippen molar-refractivity contribution in [1.29, 1.82) is 0 Å². The Morgan fingerprint density at radius 3 is 2.62 bits per heavy atom. The van der Waals surface area contributed by atoms with Crippen LogP contribution in [0.3, 0.4) is 0 Å². The van der Waals surface area contributed by atoms with Gasteiger partial charge in [-0.1, -0.05) is 38.8 Å². The van der Waals surface area contributed by atoms with E-state index in [1.165, 1.54) is 31.2 Å². The van der Waals surface area contributed by atoms with Gasteiger partial charge in [-0.25, -0.2) is 0 Å². The zero-order chi connectivity index (χ0) is 15.5. The van der Waals surface area contributed by atoms with Gasteiger partial charge < -0.3 is 15.0 Å². The summed E-state index contributed by atoms with van der Waals surface area (Å²) in [6.45, 7) is 7.71. The topological polar surface area (TPSA) is 24.5 Å². The van der Waals surface area contributed by atoms with Gasteiger partial charge in [0.05, 0.1) is 7.11 Å². The molecule has 0 unspecified atom stereocenters. The summed E-state index contributed by atoms with van der Waals surface area (Å²) in [5.41, 5.74) is 1.32. The minimum absolute atomic E-state index is 0.610. The summed E-state index contributed by atoms with van der Waals surface area (Å²) in [6.07, 6.45) is 5.22. The van der Waals surface area contributed by atoms with Gasteiger partial charge in [-0.3, -0.25) is 0 Å². The van der Waals surface area contributed by atoms with Crippen LogP contribution in [0.5, 0.6) is 5.75 Å². The molecular weight excluding hydrogens is 260 g/mol. The molecule has 120 valence electrons. The highest BCUT2D eigenvalue weighted by atomic mass is 16.5. The van der Waals surface area contributed by atoms with Gasteiger partial charge in [-0.05, 0) is 50.7 Å². The van der Waals surface area contributed by atoms with Gasteiger partial charge in [0.15, 0.2) is 0 Å². The normalized spacial score (nSPS) is 11.3. The van der Waals surface area contributed by atoms with Crippen molar-refractivity contribution in [1.82, 2.24) is 10.2 Å². The van der Waals surface area contributed by atoms with Gasteiger partial charge in [-0.2, -0.15) is 0 Å². The SMILES string of the molecule is COc1cccc(CN(C)CCCCCCNC(C)C)c1. The Kier molecular flexibility index (Phi) is 9.11. The fraction of sp³-hybridized carbons (Fsp3) is 0.667. The van der Waals surface area contributed by atoms with Crippen LogP contribution in [0.1, 0.15) is 45.1 Å². The average molecular weight is 292 g/mol. The second-order valence-electron chi connectivity index (χ2n) is 6.11. The number of nitrogens with zero attached hydrogens (tertiary/aromatic N) is 1. The molecule has 1 aromatic rings. The number of hydrogen-bond donors (Lipinski definition) is 1. The Morgan fingerprint density at radius 1 is 1.14 bits per heavy atom. The van der Waals surface area contributed by atoms with Crippen LogP contribution in [-0.2, 0) is 6.54 Å². The van der Waals surface area contributed by atoms with Crippen molar-refractivity contribution < 1.29 is 4.74 Å². The standard InChI is InChI=1S/C18H32N2O/c1-16(2)19-12-7-5-6-8-13-20(3)15-17-10-9-11-18(14-17)21-4/h9-11,14,16,19H,5-8,12-13,15H2,1-4H3. The third-order valence-electron chi connectivity index (χ3n) is 3.61. The molecule has 0 bridgehead atoms. The summed E-state index contributed by atoms with van der Waals surface area (Å²) in [7, 11) is 3.91. The number of methoxy groups -OCH3 is 1. The predicted molar refractivity (Wildman–Crippen MR) is 90.9 cm³/mol. The largest absolute Gasteiger partial charge is 0.497 e. The molecule has 3 heteroatoms. The quantitative estimate of drug-likeness (QED) is 0.630. The van der Waals surface area contributed by atoms with Crippen LogP contribution in [-0.4, -0.2) is 38.2 Å². The molecule has 0 radical (unpaired) electrons. The molecule has 1 rings (SSSR count). The fourth-order valence-corrected chi connectivity index (χ4v) is 2.41. The number of nitrogens with one attached hydrogen (secondary N) is 1. The third kappa shape index (κ3) is 8.74.